The summed E-state index contributed by atoms with van der Waals surface area (Å²) >= 11 is 0. The Bertz CT molecular complexity index is 773. The Hall–Kier alpha value is -2.48. The molecule has 2 aliphatic rings. The van der Waals surface area contributed by atoms with Gasteiger partial charge in [-0.25, -0.2) is 4.79 Å². The average Bonchev–Trinajstić information content (AvgIpc) is 2.71. The first-order valence-corrected chi connectivity index (χ1v) is 10.7. The Balaban J connectivity index is 1.66. The molecular formula is C24H32N2O3. The van der Waals surface area contributed by atoms with Crippen LogP contribution in [0.5, 0.6) is 0 Å². The number of amides is 2. The highest BCUT2D eigenvalue weighted by molar-refractivity contribution is 5.94. The van der Waals surface area contributed by atoms with Gasteiger partial charge in [0.05, 0.1) is 0 Å². The molecule has 0 unspecified atom stereocenters. The van der Waals surface area contributed by atoms with Crippen molar-refractivity contribution in [2.45, 2.75) is 64.5 Å². The molecule has 0 bridgehead atoms. The molecule has 0 spiro atoms. The van der Waals surface area contributed by atoms with Gasteiger partial charge >= 0.3 is 6.09 Å². The third kappa shape index (κ3) is 6.00. The molecular weight excluding hydrogens is 364 g/mol. The average molecular weight is 397 g/mol. The van der Waals surface area contributed by atoms with Crippen LogP contribution in [0.2, 0.25) is 0 Å². The van der Waals surface area contributed by atoms with Crippen molar-refractivity contribution in [3.8, 4) is 11.8 Å². The van der Waals surface area contributed by atoms with Crippen molar-refractivity contribution in [1.29, 1.82) is 0 Å². The molecule has 0 aliphatic carbocycles. The van der Waals surface area contributed by atoms with Gasteiger partial charge in [0.15, 0.2) is 0 Å². The second-order valence-electron chi connectivity index (χ2n) is 9.01. The number of carbonyl (C=O) groups is 2. The molecule has 0 saturated carbocycles. The van der Waals surface area contributed by atoms with Gasteiger partial charge in [0.2, 0.25) is 0 Å². The normalized spacial score (nSPS) is 22.4. The third-order valence-electron chi connectivity index (χ3n) is 5.55. The van der Waals surface area contributed by atoms with Crippen molar-refractivity contribution in [1.82, 2.24) is 9.80 Å². The summed E-state index contributed by atoms with van der Waals surface area (Å²) in [7, 11) is 0. The van der Waals surface area contributed by atoms with Gasteiger partial charge in [-0.2, -0.15) is 0 Å². The van der Waals surface area contributed by atoms with Crippen LogP contribution in [-0.4, -0.2) is 53.1 Å². The van der Waals surface area contributed by atoms with Crippen LogP contribution >= 0.6 is 0 Å². The van der Waals surface area contributed by atoms with E-state index >= 15 is 0 Å². The fourth-order valence-electron chi connectivity index (χ4n) is 4.23. The van der Waals surface area contributed by atoms with Crippen LogP contribution in [-0.2, 0) is 9.53 Å². The maximum atomic E-state index is 12.7. The highest BCUT2D eigenvalue weighted by atomic mass is 16.6. The number of rotatable bonds is 1. The van der Waals surface area contributed by atoms with Gasteiger partial charge in [0.25, 0.3) is 5.91 Å². The molecule has 0 radical (unpaired) electrons. The largest absolute Gasteiger partial charge is 0.444 e. The molecule has 2 amide bonds. The van der Waals surface area contributed by atoms with Gasteiger partial charge in [-0.1, -0.05) is 24.1 Å². The molecule has 29 heavy (non-hydrogen) atoms. The van der Waals surface area contributed by atoms with Crippen molar-refractivity contribution in [3.05, 3.63) is 35.9 Å². The lowest BCUT2D eigenvalue weighted by Crippen LogP contribution is -2.53. The summed E-state index contributed by atoms with van der Waals surface area (Å²) in [6.45, 7) is 7.82. The zero-order valence-corrected chi connectivity index (χ0v) is 17.8. The number of benzene rings is 1. The Morgan fingerprint density at radius 2 is 1.79 bits per heavy atom. The molecule has 2 aliphatic heterocycles. The summed E-state index contributed by atoms with van der Waals surface area (Å²) in [6.07, 6.45) is 4.84. The molecule has 1 aromatic carbocycles. The van der Waals surface area contributed by atoms with Gasteiger partial charge in [-0.3, -0.25) is 4.79 Å². The number of hydrogen-bond donors (Lipinski definition) is 0. The summed E-state index contributed by atoms with van der Waals surface area (Å²) in [5.74, 6) is 5.90. The zero-order chi connectivity index (χ0) is 20.9. The first-order valence-electron chi connectivity index (χ1n) is 10.7. The first-order chi connectivity index (χ1) is 13.8. The van der Waals surface area contributed by atoms with Crippen LogP contribution < -0.4 is 0 Å². The van der Waals surface area contributed by atoms with Gasteiger partial charge in [-0.05, 0) is 70.9 Å². The van der Waals surface area contributed by atoms with Crippen LogP contribution in [0.25, 0.3) is 0 Å². The van der Waals surface area contributed by atoms with E-state index in [9.17, 15) is 9.59 Å². The topological polar surface area (TPSA) is 49.9 Å². The van der Waals surface area contributed by atoms with E-state index in [1.54, 1.807) is 0 Å². The molecule has 0 aromatic heterocycles. The Labute approximate surface area is 174 Å². The fourth-order valence-corrected chi connectivity index (χ4v) is 4.23. The van der Waals surface area contributed by atoms with Gasteiger partial charge in [-0.15, -0.1) is 0 Å². The minimum atomic E-state index is -0.499. The van der Waals surface area contributed by atoms with E-state index in [1.807, 2.05) is 60.9 Å². The molecule has 2 fully saturated rings. The van der Waals surface area contributed by atoms with E-state index in [0.29, 0.717) is 6.54 Å². The fraction of sp³-hybridized carbons (Fsp3) is 0.583. The maximum Gasteiger partial charge on any atom is 0.410 e. The number of nitrogens with zero attached hydrogens (tertiary/aromatic N) is 2. The lowest BCUT2D eigenvalue weighted by molar-refractivity contribution is -0.127. The molecule has 1 aromatic rings. The van der Waals surface area contributed by atoms with E-state index in [4.69, 9.17) is 4.74 Å². The van der Waals surface area contributed by atoms with Crippen molar-refractivity contribution in [3.63, 3.8) is 0 Å². The van der Waals surface area contributed by atoms with E-state index in [2.05, 4.69) is 11.8 Å². The molecule has 2 saturated heterocycles. The SMILES string of the molecule is CC(C)(C)OC(=O)N1CCCC[C@@H]1[C@H]1CCCN(C(=O)C#Cc2ccccc2)C1. The van der Waals surface area contributed by atoms with Crippen molar-refractivity contribution in [2.75, 3.05) is 19.6 Å². The van der Waals surface area contributed by atoms with Crippen LogP contribution in [0, 0.1) is 17.8 Å². The summed E-state index contributed by atoms with van der Waals surface area (Å²) in [5, 5.41) is 0. The zero-order valence-electron chi connectivity index (χ0n) is 17.8. The monoisotopic (exact) mass is 396 g/mol. The molecule has 5 nitrogen and oxygen atoms in total. The van der Waals surface area contributed by atoms with E-state index in [-0.39, 0.29) is 24.0 Å². The smallest absolute Gasteiger partial charge is 0.410 e. The Morgan fingerprint density at radius 3 is 2.52 bits per heavy atom. The molecule has 156 valence electrons. The second-order valence-corrected chi connectivity index (χ2v) is 9.01. The lowest BCUT2D eigenvalue weighted by Gasteiger charge is -2.44. The number of hydrogen-bond acceptors (Lipinski definition) is 3. The summed E-state index contributed by atoms with van der Waals surface area (Å²) in [5.41, 5.74) is 0.346. The highest BCUT2D eigenvalue weighted by Crippen LogP contribution is 2.31. The first kappa shape index (κ1) is 21.2. The minimum Gasteiger partial charge on any atom is -0.444 e. The quantitative estimate of drug-likeness (QED) is 0.673. The summed E-state index contributed by atoms with van der Waals surface area (Å²) < 4.78 is 5.64. The number of piperidine rings is 2. The van der Waals surface area contributed by atoms with E-state index in [0.717, 1.165) is 50.8 Å². The van der Waals surface area contributed by atoms with Gasteiger partial charge in [0, 0.05) is 37.2 Å². The molecule has 0 N–H and O–H groups in total. The van der Waals surface area contributed by atoms with Gasteiger partial charge in [0.1, 0.15) is 5.60 Å². The van der Waals surface area contributed by atoms with Crippen molar-refractivity contribution >= 4 is 12.0 Å². The van der Waals surface area contributed by atoms with Crippen LogP contribution in [0.1, 0.15) is 58.4 Å². The lowest BCUT2D eigenvalue weighted by atomic mass is 9.85. The number of ether oxygens (including phenoxy) is 1. The number of likely N-dealkylation sites (tertiary alicyclic amines) is 2. The second kappa shape index (κ2) is 9.35. The Morgan fingerprint density at radius 1 is 1.03 bits per heavy atom. The van der Waals surface area contributed by atoms with Crippen LogP contribution in [0.4, 0.5) is 4.79 Å². The van der Waals surface area contributed by atoms with E-state index in [1.165, 1.54) is 0 Å². The predicted molar refractivity (Wildman–Crippen MR) is 113 cm³/mol. The molecule has 3 rings (SSSR count). The third-order valence-corrected chi connectivity index (χ3v) is 5.55. The predicted octanol–water partition coefficient (Wildman–Crippen LogP) is 4.07. The summed E-state index contributed by atoms with van der Waals surface area (Å²) in [4.78, 5) is 29.2. The highest BCUT2D eigenvalue weighted by Gasteiger charge is 2.37. The molecule has 2 atom stereocenters. The molecule has 5 heteroatoms. The van der Waals surface area contributed by atoms with Crippen LogP contribution in [0.3, 0.4) is 0 Å². The van der Waals surface area contributed by atoms with E-state index < -0.39 is 5.60 Å². The van der Waals surface area contributed by atoms with Crippen LogP contribution in [0.15, 0.2) is 30.3 Å². The van der Waals surface area contributed by atoms with Crippen molar-refractivity contribution in [2.24, 2.45) is 5.92 Å². The minimum absolute atomic E-state index is 0.127. The standard InChI is InChI=1S/C24H32N2O3/c1-24(2,3)29-23(28)26-17-8-7-13-21(26)20-12-9-16-25(18-20)22(27)15-14-19-10-5-4-6-11-19/h4-6,10-11,20-21H,7-9,12-13,16-18H2,1-3H3/t20-,21+/m0/s1. The number of carbonyl (C=O) groups excluding carboxylic acids is 2. The Kier molecular flexibility index (Phi) is 6.84. The van der Waals surface area contributed by atoms with Gasteiger partial charge < -0.3 is 14.5 Å². The summed E-state index contributed by atoms with van der Waals surface area (Å²) in [6, 6.07) is 9.71. The van der Waals surface area contributed by atoms with Crippen molar-refractivity contribution < 1.29 is 14.3 Å². The molecule has 2 heterocycles. The maximum absolute atomic E-state index is 12.7.